The molecule has 0 saturated carbocycles. The fourth-order valence-corrected chi connectivity index (χ4v) is 3.17. The van der Waals surface area contributed by atoms with Gasteiger partial charge in [-0.05, 0) is 25.2 Å². The Kier molecular flexibility index (Phi) is 3.31. The van der Waals surface area contributed by atoms with Gasteiger partial charge < -0.3 is 5.32 Å². The van der Waals surface area contributed by atoms with Crippen LogP contribution >= 0.6 is 11.3 Å². The molecule has 2 aromatic heterocycles. The third-order valence-electron chi connectivity index (χ3n) is 3.16. The zero-order chi connectivity index (χ0) is 13.2. The van der Waals surface area contributed by atoms with E-state index in [1.165, 1.54) is 4.70 Å². The van der Waals surface area contributed by atoms with Crippen molar-refractivity contribution in [2.45, 2.75) is 12.5 Å². The molecule has 0 radical (unpaired) electrons. The second-order valence-electron chi connectivity index (χ2n) is 4.53. The Bertz CT molecular complexity index is 652. The average Bonchev–Trinajstić information content (AvgIpc) is 3.01. The van der Waals surface area contributed by atoms with Gasteiger partial charge in [-0.15, -0.1) is 11.3 Å². The molecule has 0 amide bonds. The lowest BCUT2D eigenvalue weighted by Crippen LogP contribution is -2.19. The van der Waals surface area contributed by atoms with E-state index in [9.17, 15) is 0 Å². The topological polar surface area (TPSA) is 42.7 Å². The molecule has 3 rings (SSSR count). The van der Waals surface area contributed by atoms with Gasteiger partial charge in [0, 0.05) is 19.7 Å². The molecule has 0 fully saturated rings. The molecule has 1 atom stereocenters. The van der Waals surface area contributed by atoms with Crippen molar-refractivity contribution in [1.29, 1.82) is 0 Å². The summed E-state index contributed by atoms with van der Waals surface area (Å²) in [6.07, 6.45) is 2.84. The first kappa shape index (κ1) is 12.3. The van der Waals surface area contributed by atoms with Gasteiger partial charge in [0.15, 0.2) is 0 Å². The summed E-state index contributed by atoms with van der Waals surface area (Å²) in [5, 5.41) is 8.92. The summed E-state index contributed by atoms with van der Waals surface area (Å²) >= 11 is 1.76. The molecule has 3 aromatic rings. The van der Waals surface area contributed by atoms with Gasteiger partial charge in [0.05, 0.1) is 27.0 Å². The molecule has 0 spiro atoms. The summed E-state index contributed by atoms with van der Waals surface area (Å²) in [5.41, 5.74) is 2.14. The van der Waals surface area contributed by atoms with E-state index in [2.05, 4.69) is 39.7 Å². The zero-order valence-corrected chi connectivity index (χ0v) is 11.8. The second kappa shape index (κ2) is 5.11. The molecule has 0 aliphatic rings. The first-order chi connectivity index (χ1) is 9.26. The van der Waals surface area contributed by atoms with Gasteiger partial charge >= 0.3 is 0 Å². The smallest absolute Gasteiger partial charge is 0.0958 e. The first-order valence-corrected chi connectivity index (χ1v) is 7.09. The lowest BCUT2D eigenvalue weighted by molar-refractivity contribution is 0.562. The van der Waals surface area contributed by atoms with Gasteiger partial charge in [-0.1, -0.05) is 12.1 Å². The third kappa shape index (κ3) is 2.52. The Hall–Kier alpha value is -1.72. The molecule has 1 aromatic carbocycles. The Morgan fingerprint density at radius 2 is 2.16 bits per heavy atom. The quantitative estimate of drug-likeness (QED) is 0.793. The number of aryl methyl sites for hydroxylation is 1. The maximum atomic E-state index is 4.68. The van der Waals surface area contributed by atoms with Gasteiger partial charge in [0.1, 0.15) is 0 Å². The Labute approximate surface area is 116 Å². The average molecular weight is 272 g/mol. The first-order valence-electron chi connectivity index (χ1n) is 6.27. The van der Waals surface area contributed by atoms with E-state index in [4.69, 9.17) is 0 Å². The maximum absolute atomic E-state index is 4.68. The van der Waals surface area contributed by atoms with E-state index in [1.807, 2.05) is 31.0 Å². The van der Waals surface area contributed by atoms with Crippen LogP contribution in [0.15, 0.2) is 36.5 Å². The van der Waals surface area contributed by atoms with Crippen LogP contribution in [-0.4, -0.2) is 21.8 Å². The number of benzene rings is 1. The predicted octanol–water partition coefficient (Wildman–Crippen LogP) is 2.53. The molecule has 1 N–H and O–H groups in total. The summed E-state index contributed by atoms with van der Waals surface area (Å²) in [5.74, 6) is 0. The number of likely N-dealkylation sites (N-methyl/N-ethyl adjacent to an activating group) is 1. The Morgan fingerprint density at radius 3 is 2.84 bits per heavy atom. The van der Waals surface area contributed by atoms with Crippen molar-refractivity contribution in [3.05, 3.63) is 47.2 Å². The molecule has 19 heavy (non-hydrogen) atoms. The number of thiazole rings is 1. The molecule has 0 saturated heterocycles. The van der Waals surface area contributed by atoms with Gasteiger partial charge in [-0.25, -0.2) is 4.98 Å². The summed E-state index contributed by atoms with van der Waals surface area (Å²) in [7, 11) is 3.90. The lowest BCUT2D eigenvalue weighted by atomic mass is 10.1. The number of hydrogen-bond acceptors (Lipinski definition) is 4. The highest BCUT2D eigenvalue weighted by molar-refractivity contribution is 7.18. The Morgan fingerprint density at radius 1 is 1.32 bits per heavy atom. The molecule has 5 heteroatoms. The van der Waals surface area contributed by atoms with E-state index < -0.39 is 0 Å². The normalized spacial score (nSPS) is 12.9. The zero-order valence-electron chi connectivity index (χ0n) is 11.0. The molecule has 1 unspecified atom stereocenters. The highest BCUT2D eigenvalue weighted by Crippen LogP contribution is 2.25. The number of rotatable bonds is 4. The van der Waals surface area contributed by atoms with E-state index in [0.717, 1.165) is 22.6 Å². The fraction of sp³-hybridized carbons (Fsp3) is 0.286. The van der Waals surface area contributed by atoms with Crippen LogP contribution in [0.1, 0.15) is 16.7 Å². The monoisotopic (exact) mass is 272 g/mol. The van der Waals surface area contributed by atoms with E-state index in [1.54, 1.807) is 11.3 Å². The van der Waals surface area contributed by atoms with Gasteiger partial charge in [0.25, 0.3) is 0 Å². The van der Waals surface area contributed by atoms with E-state index in [-0.39, 0.29) is 6.04 Å². The van der Waals surface area contributed by atoms with Gasteiger partial charge in [-0.3, -0.25) is 4.68 Å². The molecule has 98 valence electrons. The van der Waals surface area contributed by atoms with Crippen molar-refractivity contribution in [1.82, 2.24) is 20.1 Å². The van der Waals surface area contributed by atoms with Crippen molar-refractivity contribution < 1.29 is 0 Å². The molecular weight excluding hydrogens is 256 g/mol. The minimum absolute atomic E-state index is 0.210. The summed E-state index contributed by atoms with van der Waals surface area (Å²) in [6.45, 7) is 0. The molecule has 0 aliphatic carbocycles. The standard InChI is InChI=1S/C14H16N4S/c1-15-12(10-7-8-18(2)17-10)9-14-16-11-5-3-4-6-13(11)19-14/h3-8,12,15H,9H2,1-2H3. The SMILES string of the molecule is CNC(Cc1nc2ccccc2s1)c1ccn(C)n1. The molecular formula is C14H16N4S. The van der Waals surface area contributed by atoms with Crippen LogP contribution in [-0.2, 0) is 13.5 Å². The van der Waals surface area contributed by atoms with Crippen LogP contribution in [0.5, 0.6) is 0 Å². The largest absolute Gasteiger partial charge is 0.311 e. The van der Waals surface area contributed by atoms with Crippen LogP contribution in [0.25, 0.3) is 10.2 Å². The number of para-hydroxylation sites is 1. The van der Waals surface area contributed by atoms with Crippen molar-refractivity contribution in [3.8, 4) is 0 Å². The van der Waals surface area contributed by atoms with Gasteiger partial charge in [-0.2, -0.15) is 5.10 Å². The molecule has 0 bridgehead atoms. The minimum Gasteiger partial charge on any atom is -0.311 e. The van der Waals surface area contributed by atoms with Crippen LogP contribution in [0.3, 0.4) is 0 Å². The highest BCUT2D eigenvalue weighted by Gasteiger charge is 2.15. The van der Waals surface area contributed by atoms with Crippen LogP contribution in [0.4, 0.5) is 0 Å². The van der Waals surface area contributed by atoms with Crippen LogP contribution in [0, 0.1) is 0 Å². The highest BCUT2D eigenvalue weighted by atomic mass is 32.1. The van der Waals surface area contributed by atoms with Crippen molar-refractivity contribution in [2.24, 2.45) is 7.05 Å². The summed E-state index contributed by atoms with van der Waals surface area (Å²) in [4.78, 5) is 4.68. The minimum atomic E-state index is 0.210. The molecule has 4 nitrogen and oxygen atoms in total. The van der Waals surface area contributed by atoms with Crippen LogP contribution < -0.4 is 5.32 Å². The van der Waals surface area contributed by atoms with Crippen molar-refractivity contribution in [3.63, 3.8) is 0 Å². The number of nitrogens with zero attached hydrogens (tertiary/aromatic N) is 3. The maximum Gasteiger partial charge on any atom is 0.0958 e. The number of hydrogen-bond donors (Lipinski definition) is 1. The number of nitrogens with one attached hydrogen (secondary N) is 1. The summed E-state index contributed by atoms with van der Waals surface area (Å²) < 4.78 is 3.08. The number of aromatic nitrogens is 3. The molecule has 2 heterocycles. The predicted molar refractivity (Wildman–Crippen MR) is 78.3 cm³/mol. The fourth-order valence-electron chi connectivity index (χ4n) is 2.16. The van der Waals surface area contributed by atoms with E-state index >= 15 is 0 Å². The van der Waals surface area contributed by atoms with E-state index in [0.29, 0.717) is 0 Å². The van der Waals surface area contributed by atoms with Crippen molar-refractivity contribution >= 4 is 21.6 Å². The summed E-state index contributed by atoms with van der Waals surface area (Å²) in [6, 6.07) is 10.5. The number of fused-ring (bicyclic) bond motifs is 1. The van der Waals surface area contributed by atoms with Crippen LogP contribution in [0.2, 0.25) is 0 Å². The molecule has 0 aliphatic heterocycles. The third-order valence-corrected chi connectivity index (χ3v) is 4.22. The second-order valence-corrected chi connectivity index (χ2v) is 5.65. The van der Waals surface area contributed by atoms with Crippen molar-refractivity contribution in [2.75, 3.05) is 7.05 Å². The Balaban J connectivity index is 1.86. The van der Waals surface area contributed by atoms with Gasteiger partial charge in [0.2, 0.25) is 0 Å². The lowest BCUT2D eigenvalue weighted by Gasteiger charge is -2.11.